The van der Waals surface area contributed by atoms with Gasteiger partial charge in [-0.05, 0) is 6.07 Å². The fourth-order valence-electron chi connectivity index (χ4n) is 1.80. The van der Waals surface area contributed by atoms with E-state index < -0.39 is 20.9 Å². The molecule has 1 heterocycles. The van der Waals surface area contributed by atoms with E-state index in [1.54, 1.807) is 0 Å². The Morgan fingerprint density at radius 3 is 2.65 bits per heavy atom. The number of non-ortho nitro benzene ring substituents is 1. The van der Waals surface area contributed by atoms with Gasteiger partial charge in [0.2, 0.25) is 0 Å². The molecule has 0 spiro atoms. The third-order valence-electron chi connectivity index (χ3n) is 2.73. The van der Waals surface area contributed by atoms with Crippen LogP contribution < -0.4 is 0 Å². The highest BCUT2D eigenvalue weighted by atomic mass is 35.5. The summed E-state index contributed by atoms with van der Waals surface area (Å²) in [6.45, 7) is -0.156. The second-order valence-electron chi connectivity index (χ2n) is 3.90. The van der Waals surface area contributed by atoms with E-state index in [2.05, 4.69) is 0 Å². The first kappa shape index (κ1) is 14.5. The van der Waals surface area contributed by atoms with Gasteiger partial charge in [-0.2, -0.15) is 0 Å². The Hall–Kier alpha value is -1.93. The summed E-state index contributed by atoms with van der Waals surface area (Å²) < 4.78 is 24.9. The van der Waals surface area contributed by atoms with Gasteiger partial charge < -0.3 is 0 Å². The number of nitro groups is 1. The maximum Gasteiger partial charge on any atom is 0.270 e. The van der Waals surface area contributed by atoms with Crippen molar-refractivity contribution in [2.24, 2.45) is 0 Å². The van der Waals surface area contributed by atoms with Crippen LogP contribution in [0.1, 0.15) is 10.4 Å². The van der Waals surface area contributed by atoms with Crippen molar-refractivity contribution in [3.05, 3.63) is 46.0 Å². The Labute approximate surface area is 119 Å². The van der Waals surface area contributed by atoms with Crippen molar-refractivity contribution in [3.8, 4) is 0 Å². The zero-order chi connectivity index (χ0) is 14.9. The standard InChI is InChI=1S/C11H9ClN2O5S/c12-5-1-2-6-13-11(15)9-7-8(14(16)17)3-4-10(9)20(13,18)19/h1-4,7H,5-6H2. The summed E-state index contributed by atoms with van der Waals surface area (Å²) in [6.07, 6.45) is 2.96. The van der Waals surface area contributed by atoms with Gasteiger partial charge in [-0.3, -0.25) is 14.9 Å². The van der Waals surface area contributed by atoms with Crippen molar-refractivity contribution < 1.29 is 18.1 Å². The summed E-state index contributed by atoms with van der Waals surface area (Å²) in [6, 6.07) is 3.11. The van der Waals surface area contributed by atoms with Crippen LogP contribution in [0, 0.1) is 10.1 Å². The summed E-state index contributed by atoms with van der Waals surface area (Å²) in [5.41, 5.74) is -0.510. The molecule has 0 bridgehead atoms. The number of hydrogen-bond acceptors (Lipinski definition) is 5. The summed E-state index contributed by atoms with van der Waals surface area (Å²) in [5, 5.41) is 10.7. The second-order valence-corrected chi connectivity index (χ2v) is 6.04. The zero-order valence-corrected chi connectivity index (χ0v) is 11.6. The molecule has 0 aliphatic carbocycles. The molecular weight excluding hydrogens is 308 g/mol. The largest absolute Gasteiger partial charge is 0.270 e. The molecule has 9 heteroatoms. The maximum atomic E-state index is 12.1. The minimum absolute atomic E-state index is 0.156. The third kappa shape index (κ3) is 2.27. The highest BCUT2D eigenvalue weighted by Crippen LogP contribution is 2.32. The van der Waals surface area contributed by atoms with Crippen LogP contribution in [-0.4, -0.2) is 36.0 Å². The molecule has 1 aliphatic rings. The van der Waals surface area contributed by atoms with Crippen LogP contribution in [0.25, 0.3) is 0 Å². The van der Waals surface area contributed by atoms with E-state index in [0.717, 1.165) is 18.2 Å². The summed E-state index contributed by atoms with van der Waals surface area (Å²) in [7, 11) is -3.95. The van der Waals surface area contributed by atoms with E-state index in [-0.39, 0.29) is 28.6 Å². The minimum atomic E-state index is -3.95. The molecule has 1 aliphatic heterocycles. The lowest BCUT2D eigenvalue weighted by Gasteiger charge is -2.11. The first-order valence-electron chi connectivity index (χ1n) is 5.46. The van der Waals surface area contributed by atoms with Gasteiger partial charge in [-0.25, -0.2) is 12.7 Å². The van der Waals surface area contributed by atoms with Crippen LogP contribution in [0.15, 0.2) is 35.2 Å². The maximum absolute atomic E-state index is 12.1. The molecule has 1 aromatic carbocycles. The number of nitrogens with zero attached hydrogens (tertiary/aromatic N) is 2. The molecule has 20 heavy (non-hydrogen) atoms. The lowest BCUT2D eigenvalue weighted by Crippen LogP contribution is -2.30. The normalized spacial score (nSPS) is 16.6. The first-order chi connectivity index (χ1) is 9.39. The van der Waals surface area contributed by atoms with E-state index in [1.807, 2.05) is 0 Å². The number of amides is 1. The third-order valence-corrected chi connectivity index (χ3v) is 4.71. The van der Waals surface area contributed by atoms with E-state index in [0.29, 0.717) is 4.31 Å². The molecule has 106 valence electrons. The Kier molecular flexibility index (Phi) is 3.78. The minimum Gasteiger partial charge on any atom is -0.268 e. The van der Waals surface area contributed by atoms with Gasteiger partial charge >= 0.3 is 0 Å². The Balaban J connectivity index is 2.47. The monoisotopic (exact) mass is 316 g/mol. The summed E-state index contributed by atoms with van der Waals surface area (Å²) >= 11 is 5.42. The van der Waals surface area contributed by atoms with E-state index in [4.69, 9.17) is 11.6 Å². The molecular formula is C11H9ClN2O5S. The number of nitro benzene ring substituents is 1. The number of fused-ring (bicyclic) bond motifs is 1. The van der Waals surface area contributed by atoms with Gasteiger partial charge in [0.1, 0.15) is 4.90 Å². The van der Waals surface area contributed by atoms with Crippen molar-refractivity contribution in [2.45, 2.75) is 4.90 Å². The predicted molar refractivity (Wildman–Crippen MR) is 71.2 cm³/mol. The Morgan fingerprint density at radius 2 is 2.05 bits per heavy atom. The van der Waals surface area contributed by atoms with Crippen molar-refractivity contribution in [1.82, 2.24) is 4.31 Å². The molecule has 0 aromatic heterocycles. The average Bonchev–Trinajstić information content (AvgIpc) is 2.59. The number of alkyl halides is 1. The molecule has 0 saturated carbocycles. The van der Waals surface area contributed by atoms with E-state index in [9.17, 15) is 23.3 Å². The van der Waals surface area contributed by atoms with Gasteiger partial charge in [-0.15, -0.1) is 11.6 Å². The average molecular weight is 317 g/mol. The number of benzene rings is 1. The molecule has 0 fully saturated rings. The van der Waals surface area contributed by atoms with Crippen molar-refractivity contribution >= 4 is 33.2 Å². The molecule has 7 nitrogen and oxygen atoms in total. The SMILES string of the molecule is O=C1c2cc([N+](=O)[O-])ccc2S(=O)(=O)N1CC=CCCl. The molecule has 0 unspecified atom stereocenters. The Bertz CT molecular complexity index is 714. The number of halogens is 1. The number of carbonyl (C=O) groups is 1. The molecule has 2 rings (SSSR count). The molecule has 1 amide bonds. The van der Waals surface area contributed by atoms with Crippen molar-refractivity contribution in [3.63, 3.8) is 0 Å². The van der Waals surface area contributed by atoms with Crippen LogP contribution in [0.3, 0.4) is 0 Å². The fourth-order valence-corrected chi connectivity index (χ4v) is 3.43. The topological polar surface area (TPSA) is 97.6 Å². The van der Waals surface area contributed by atoms with Gasteiger partial charge in [0.05, 0.1) is 17.0 Å². The number of sulfonamides is 1. The van der Waals surface area contributed by atoms with Crippen molar-refractivity contribution in [1.29, 1.82) is 0 Å². The molecule has 0 N–H and O–H groups in total. The zero-order valence-electron chi connectivity index (χ0n) is 10.0. The van der Waals surface area contributed by atoms with Gasteiger partial charge in [0.15, 0.2) is 0 Å². The number of rotatable bonds is 4. The van der Waals surface area contributed by atoms with Gasteiger partial charge in [0, 0.05) is 18.0 Å². The van der Waals surface area contributed by atoms with Crippen LogP contribution in [0.4, 0.5) is 5.69 Å². The lowest BCUT2D eigenvalue weighted by atomic mass is 10.2. The molecule has 0 radical (unpaired) electrons. The molecule has 1 aromatic rings. The quantitative estimate of drug-likeness (QED) is 0.363. The van der Waals surface area contributed by atoms with Gasteiger partial charge in [0.25, 0.3) is 21.6 Å². The Morgan fingerprint density at radius 1 is 1.35 bits per heavy atom. The van der Waals surface area contributed by atoms with Crippen LogP contribution in [-0.2, 0) is 10.0 Å². The lowest BCUT2D eigenvalue weighted by molar-refractivity contribution is -0.384. The smallest absolute Gasteiger partial charge is 0.268 e. The highest BCUT2D eigenvalue weighted by molar-refractivity contribution is 7.90. The second kappa shape index (κ2) is 5.22. The first-order valence-corrected chi connectivity index (χ1v) is 7.43. The molecule has 0 saturated heterocycles. The summed E-state index contributed by atoms with van der Waals surface area (Å²) in [4.78, 5) is 21.8. The van der Waals surface area contributed by atoms with Crippen LogP contribution in [0.2, 0.25) is 0 Å². The number of hydrogen-bond donors (Lipinski definition) is 0. The van der Waals surface area contributed by atoms with Crippen molar-refractivity contribution in [2.75, 3.05) is 12.4 Å². The van der Waals surface area contributed by atoms with Gasteiger partial charge in [-0.1, -0.05) is 12.2 Å². The highest BCUT2D eigenvalue weighted by Gasteiger charge is 2.41. The van der Waals surface area contributed by atoms with Crippen LogP contribution in [0.5, 0.6) is 0 Å². The number of carbonyl (C=O) groups excluding carboxylic acids is 1. The van der Waals surface area contributed by atoms with Crippen LogP contribution >= 0.6 is 11.6 Å². The molecule has 0 atom stereocenters. The van der Waals surface area contributed by atoms with E-state index >= 15 is 0 Å². The number of allylic oxidation sites excluding steroid dienone is 1. The predicted octanol–water partition coefficient (Wildman–Crippen LogP) is 1.53. The fraction of sp³-hybridized carbons (Fsp3) is 0.182. The van der Waals surface area contributed by atoms with E-state index in [1.165, 1.54) is 12.2 Å². The summed E-state index contributed by atoms with van der Waals surface area (Å²) in [5.74, 6) is -0.580.